The van der Waals surface area contributed by atoms with Gasteiger partial charge in [-0.25, -0.2) is 4.79 Å². The maximum Gasteiger partial charge on any atom is 0.318 e. The van der Waals surface area contributed by atoms with Gasteiger partial charge >= 0.3 is 6.03 Å². The van der Waals surface area contributed by atoms with Gasteiger partial charge in [0.05, 0.1) is 11.1 Å². The molecule has 2 amide bonds. The number of hydrogen-bond donors (Lipinski definition) is 2. The van der Waals surface area contributed by atoms with Gasteiger partial charge in [0.1, 0.15) is 0 Å². The van der Waals surface area contributed by atoms with Gasteiger partial charge in [-0.05, 0) is 63.7 Å². The molecule has 5 aliphatic rings. The van der Waals surface area contributed by atoms with Crippen LogP contribution in [0.2, 0.25) is 0 Å². The Balaban J connectivity index is 1.68. The van der Waals surface area contributed by atoms with Crippen molar-refractivity contribution in [3.05, 3.63) is 0 Å². The number of amides is 2. The second-order valence-electron chi connectivity index (χ2n) is 8.03. The largest absolute Gasteiger partial charge is 0.390 e. The van der Waals surface area contributed by atoms with Crippen LogP contribution in [0.4, 0.5) is 4.79 Å². The monoisotopic (exact) mass is 264 g/mol. The molecular formula is C15H24N2O2. The normalized spacial score (nSPS) is 50.7. The standard InChI is InChI=1S/C15H24N2O2/c1-14(2)8-16-13(18)17(14)12-10-3-9-4-11(12)7-15(19,5-9)6-10/h9-12,19H,3-8H2,1-2H3,(H,16,18). The lowest BCUT2D eigenvalue weighted by Crippen LogP contribution is -2.64. The van der Waals surface area contributed by atoms with Crippen LogP contribution in [0.25, 0.3) is 0 Å². The van der Waals surface area contributed by atoms with Crippen molar-refractivity contribution in [3.8, 4) is 0 Å². The number of carbonyl (C=O) groups excluding carboxylic acids is 1. The smallest absolute Gasteiger partial charge is 0.318 e. The average molecular weight is 264 g/mol. The Bertz CT molecular complexity index is 418. The van der Waals surface area contributed by atoms with Gasteiger partial charge in [-0.15, -0.1) is 0 Å². The summed E-state index contributed by atoms with van der Waals surface area (Å²) >= 11 is 0. The summed E-state index contributed by atoms with van der Waals surface area (Å²) in [6, 6.07) is 0.462. The molecule has 1 saturated heterocycles. The van der Waals surface area contributed by atoms with Crippen molar-refractivity contribution in [2.45, 2.75) is 63.1 Å². The van der Waals surface area contributed by atoms with Crippen LogP contribution >= 0.6 is 0 Å². The first-order valence-corrected chi connectivity index (χ1v) is 7.68. The Morgan fingerprint density at radius 3 is 2.32 bits per heavy atom. The zero-order valence-electron chi connectivity index (χ0n) is 11.9. The molecule has 0 spiro atoms. The third-order valence-electron chi connectivity index (χ3n) is 6.03. The topological polar surface area (TPSA) is 52.6 Å². The van der Waals surface area contributed by atoms with Gasteiger partial charge in [0.2, 0.25) is 0 Å². The lowest BCUT2D eigenvalue weighted by molar-refractivity contribution is -0.159. The van der Waals surface area contributed by atoms with Gasteiger partial charge in [0.15, 0.2) is 0 Å². The molecule has 2 unspecified atom stereocenters. The fraction of sp³-hybridized carbons (Fsp3) is 0.933. The highest BCUT2D eigenvalue weighted by atomic mass is 16.3. The predicted octanol–water partition coefficient (Wildman–Crippen LogP) is 1.73. The Morgan fingerprint density at radius 1 is 1.21 bits per heavy atom. The number of urea groups is 1. The van der Waals surface area contributed by atoms with Crippen molar-refractivity contribution in [1.29, 1.82) is 0 Å². The minimum absolute atomic E-state index is 0.0836. The van der Waals surface area contributed by atoms with Crippen LogP contribution in [0.15, 0.2) is 0 Å². The average Bonchev–Trinajstić information content (AvgIpc) is 2.53. The molecule has 4 aliphatic carbocycles. The summed E-state index contributed by atoms with van der Waals surface area (Å²) in [4.78, 5) is 14.4. The Labute approximate surface area is 114 Å². The van der Waals surface area contributed by atoms with Gasteiger partial charge < -0.3 is 15.3 Å². The number of carbonyl (C=O) groups is 1. The first kappa shape index (κ1) is 12.0. The molecule has 5 fully saturated rings. The van der Waals surface area contributed by atoms with Crippen molar-refractivity contribution in [3.63, 3.8) is 0 Å². The van der Waals surface area contributed by atoms with Gasteiger partial charge in [-0.3, -0.25) is 0 Å². The van der Waals surface area contributed by atoms with Gasteiger partial charge in [0, 0.05) is 12.6 Å². The number of rotatable bonds is 1. The Kier molecular flexibility index (Phi) is 2.19. The van der Waals surface area contributed by atoms with Crippen LogP contribution < -0.4 is 5.32 Å². The van der Waals surface area contributed by atoms with Gasteiger partial charge in [-0.1, -0.05) is 0 Å². The van der Waals surface area contributed by atoms with E-state index in [1.54, 1.807) is 0 Å². The van der Waals surface area contributed by atoms with E-state index in [4.69, 9.17) is 0 Å². The van der Waals surface area contributed by atoms with E-state index < -0.39 is 5.60 Å². The second kappa shape index (κ2) is 3.46. The maximum absolute atomic E-state index is 12.2. The molecule has 5 rings (SSSR count). The van der Waals surface area contributed by atoms with Crippen molar-refractivity contribution in [2.75, 3.05) is 6.54 Å². The second-order valence-corrected chi connectivity index (χ2v) is 8.03. The van der Waals surface area contributed by atoms with E-state index in [0.29, 0.717) is 23.8 Å². The number of nitrogens with zero attached hydrogens (tertiary/aromatic N) is 1. The molecule has 1 aliphatic heterocycles. The molecule has 1 heterocycles. The highest BCUT2D eigenvalue weighted by Gasteiger charge is 2.59. The predicted molar refractivity (Wildman–Crippen MR) is 71.6 cm³/mol. The molecule has 0 aromatic rings. The SMILES string of the molecule is CC1(C)CNC(=O)N1C1C2CC3CC1CC(O)(C3)C2. The third kappa shape index (κ3) is 1.58. The fourth-order valence-electron chi connectivity index (χ4n) is 5.65. The molecule has 4 bridgehead atoms. The molecular weight excluding hydrogens is 240 g/mol. The van der Waals surface area contributed by atoms with Crippen LogP contribution in [0, 0.1) is 17.8 Å². The molecule has 4 heteroatoms. The number of aliphatic hydroxyl groups is 1. The molecule has 0 aromatic carbocycles. The molecule has 2 atom stereocenters. The Morgan fingerprint density at radius 2 is 1.84 bits per heavy atom. The zero-order chi connectivity index (χ0) is 13.4. The maximum atomic E-state index is 12.2. The van der Waals surface area contributed by atoms with E-state index in [-0.39, 0.29) is 11.6 Å². The first-order chi connectivity index (χ1) is 8.88. The lowest BCUT2D eigenvalue weighted by Gasteiger charge is -2.61. The lowest BCUT2D eigenvalue weighted by atomic mass is 9.51. The number of nitrogens with one attached hydrogen (secondary N) is 1. The summed E-state index contributed by atoms with van der Waals surface area (Å²) in [5.41, 5.74) is -0.493. The summed E-state index contributed by atoms with van der Waals surface area (Å²) in [7, 11) is 0. The van der Waals surface area contributed by atoms with Gasteiger partial charge in [-0.2, -0.15) is 0 Å². The summed E-state index contributed by atoms with van der Waals surface area (Å²) < 4.78 is 0. The summed E-state index contributed by atoms with van der Waals surface area (Å²) in [5, 5.41) is 13.6. The molecule has 0 aromatic heterocycles. The minimum atomic E-state index is -0.409. The highest BCUT2D eigenvalue weighted by molar-refractivity contribution is 5.78. The van der Waals surface area contributed by atoms with E-state index in [1.165, 1.54) is 12.8 Å². The van der Waals surface area contributed by atoms with Gasteiger partial charge in [0.25, 0.3) is 0 Å². The van der Waals surface area contributed by atoms with E-state index in [0.717, 1.165) is 25.8 Å². The number of hydrogen-bond acceptors (Lipinski definition) is 2. The molecule has 2 N–H and O–H groups in total. The molecule has 19 heavy (non-hydrogen) atoms. The van der Waals surface area contributed by atoms with Crippen LogP contribution in [0.5, 0.6) is 0 Å². The summed E-state index contributed by atoms with van der Waals surface area (Å²) in [5.74, 6) is 1.73. The van der Waals surface area contributed by atoms with E-state index >= 15 is 0 Å². The Hall–Kier alpha value is -0.770. The van der Waals surface area contributed by atoms with E-state index in [2.05, 4.69) is 24.1 Å². The van der Waals surface area contributed by atoms with Crippen LogP contribution in [-0.2, 0) is 0 Å². The van der Waals surface area contributed by atoms with Crippen molar-refractivity contribution in [2.24, 2.45) is 17.8 Å². The quantitative estimate of drug-likeness (QED) is 0.758. The van der Waals surface area contributed by atoms with Crippen molar-refractivity contribution in [1.82, 2.24) is 10.2 Å². The molecule has 4 nitrogen and oxygen atoms in total. The molecule has 0 radical (unpaired) electrons. The first-order valence-electron chi connectivity index (χ1n) is 7.68. The molecule has 4 saturated carbocycles. The highest BCUT2D eigenvalue weighted by Crippen LogP contribution is 2.57. The zero-order valence-corrected chi connectivity index (χ0v) is 11.9. The third-order valence-corrected chi connectivity index (χ3v) is 6.03. The molecule has 106 valence electrons. The minimum Gasteiger partial charge on any atom is -0.390 e. The van der Waals surface area contributed by atoms with E-state index in [9.17, 15) is 9.90 Å². The summed E-state index contributed by atoms with van der Waals surface area (Å²) in [6.07, 6.45) is 5.24. The van der Waals surface area contributed by atoms with Crippen LogP contribution in [-0.4, -0.2) is 39.8 Å². The van der Waals surface area contributed by atoms with Crippen molar-refractivity contribution < 1.29 is 9.90 Å². The van der Waals surface area contributed by atoms with Crippen molar-refractivity contribution >= 4 is 6.03 Å². The van der Waals surface area contributed by atoms with Crippen LogP contribution in [0.1, 0.15) is 46.0 Å². The van der Waals surface area contributed by atoms with E-state index in [1.807, 2.05) is 0 Å². The summed E-state index contributed by atoms with van der Waals surface area (Å²) in [6.45, 7) is 5.06. The fourth-order valence-corrected chi connectivity index (χ4v) is 5.65. The van der Waals surface area contributed by atoms with Crippen LogP contribution in [0.3, 0.4) is 0 Å².